The molecule has 11 heteroatoms. The van der Waals surface area contributed by atoms with Crippen molar-refractivity contribution in [2.75, 3.05) is 7.11 Å². The van der Waals surface area contributed by atoms with Gasteiger partial charge in [-0.05, 0) is 54.6 Å². The quantitative estimate of drug-likeness (QED) is 0.471. The lowest BCUT2D eigenvalue weighted by atomic mass is 10.1. The van der Waals surface area contributed by atoms with Crippen LogP contribution in [0.4, 0.5) is 0 Å². The molecule has 2 aromatic carbocycles. The molecule has 2 aliphatic rings. The van der Waals surface area contributed by atoms with E-state index in [1.807, 2.05) is 20.8 Å². The van der Waals surface area contributed by atoms with E-state index in [2.05, 4.69) is 10.1 Å². The van der Waals surface area contributed by atoms with Crippen LogP contribution in [0.15, 0.2) is 63.0 Å². The molecule has 176 valence electrons. The molecular formula is C23H22N4O5S2. The fourth-order valence-electron chi connectivity index (χ4n) is 3.12. The van der Waals surface area contributed by atoms with Crippen molar-refractivity contribution in [3.8, 4) is 11.5 Å². The lowest BCUT2D eigenvalue weighted by molar-refractivity contribution is -0.114. The molecule has 0 fully saturated rings. The second kappa shape index (κ2) is 9.07. The van der Waals surface area contributed by atoms with E-state index >= 15 is 0 Å². The third-order valence-corrected chi connectivity index (χ3v) is 7.43. The number of methoxy groups -OCH3 is 1. The Bertz CT molecular complexity index is 1380. The van der Waals surface area contributed by atoms with Crippen LogP contribution in [0.2, 0.25) is 0 Å². The third kappa shape index (κ3) is 4.62. The summed E-state index contributed by atoms with van der Waals surface area (Å²) in [4.78, 5) is 16.7. The Kier molecular flexibility index (Phi) is 6.32. The van der Waals surface area contributed by atoms with E-state index in [1.165, 1.54) is 54.2 Å². The molecule has 0 aliphatic carbocycles. The summed E-state index contributed by atoms with van der Waals surface area (Å²) in [6.07, 6.45) is 1.49. The molecule has 2 aliphatic heterocycles. The van der Waals surface area contributed by atoms with Crippen molar-refractivity contribution < 1.29 is 22.1 Å². The van der Waals surface area contributed by atoms with Gasteiger partial charge in [-0.25, -0.2) is 0 Å². The maximum atomic E-state index is 12.7. The van der Waals surface area contributed by atoms with Crippen LogP contribution in [0.25, 0.3) is 6.08 Å². The van der Waals surface area contributed by atoms with E-state index < -0.39 is 16.0 Å². The summed E-state index contributed by atoms with van der Waals surface area (Å²) in [6, 6.07) is 10.8. The number of nitrogens with zero attached hydrogens (tertiary/aromatic N) is 3. The number of ether oxygens (including phenoxy) is 1. The van der Waals surface area contributed by atoms with Crippen molar-refractivity contribution in [3.05, 3.63) is 59.2 Å². The molecule has 0 bridgehead atoms. The number of nitrogens with one attached hydrogen (secondary N) is 1. The average Bonchev–Trinajstić information content (AvgIpc) is 3.22. The number of hydrogen-bond acceptors (Lipinski definition) is 8. The van der Waals surface area contributed by atoms with Gasteiger partial charge in [0.15, 0.2) is 17.3 Å². The fourth-order valence-corrected chi connectivity index (χ4v) is 4.95. The summed E-state index contributed by atoms with van der Waals surface area (Å²) in [7, 11) is -2.69. The highest BCUT2D eigenvalue weighted by Crippen LogP contribution is 2.34. The first-order valence-corrected chi connectivity index (χ1v) is 12.5. The molecule has 34 heavy (non-hydrogen) atoms. The molecule has 2 aromatic rings. The number of aryl methyl sites for hydroxylation is 1. The van der Waals surface area contributed by atoms with Crippen LogP contribution in [0.1, 0.15) is 25.0 Å². The van der Waals surface area contributed by atoms with E-state index in [0.29, 0.717) is 10.7 Å². The number of amides is 1. The molecule has 1 amide bonds. The van der Waals surface area contributed by atoms with Crippen molar-refractivity contribution in [1.29, 1.82) is 5.41 Å². The highest BCUT2D eigenvalue weighted by molar-refractivity contribution is 8.27. The summed E-state index contributed by atoms with van der Waals surface area (Å²) in [5, 5.41) is 15.3. The topological polar surface area (TPSA) is 121 Å². The normalized spacial score (nSPS) is 17.1. The van der Waals surface area contributed by atoms with Crippen LogP contribution >= 0.6 is 11.8 Å². The van der Waals surface area contributed by atoms with Gasteiger partial charge in [-0.15, -0.1) is 0 Å². The maximum Gasteiger partial charge on any atom is 0.339 e. The van der Waals surface area contributed by atoms with E-state index in [0.717, 1.165) is 10.6 Å². The summed E-state index contributed by atoms with van der Waals surface area (Å²) in [6.45, 7) is 5.80. The summed E-state index contributed by atoms with van der Waals surface area (Å²) < 4.78 is 35.9. The molecule has 2 heterocycles. The highest BCUT2D eigenvalue weighted by atomic mass is 32.2. The van der Waals surface area contributed by atoms with Crippen molar-refractivity contribution in [1.82, 2.24) is 5.01 Å². The number of aliphatic imine (C=N–C) groups is 1. The van der Waals surface area contributed by atoms with Gasteiger partial charge in [-0.3, -0.25) is 10.2 Å². The number of benzene rings is 2. The minimum atomic E-state index is -4.07. The molecule has 1 N–H and O–H groups in total. The largest absolute Gasteiger partial charge is 0.493 e. The second-order valence-electron chi connectivity index (χ2n) is 7.87. The van der Waals surface area contributed by atoms with Gasteiger partial charge in [-0.1, -0.05) is 37.6 Å². The maximum absolute atomic E-state index is 12.7. The first-order valence-electron chi connectivity index (χ1n) is 10.3. The van der Waals surface area contributed by atoms with Gasteiger partial charge in [-0.2, -0.15) is 23.5 Å². The van der Waals surface area contributed by atoms with Crippen LogP contribution in [-0.2, 0) is 14.9 Å². The Morgan fingerprint density at radius 1 is 1.12 bits per heavy atom. The standard InChI is InChI=1S/C23H22N4O5S2/c1-13(2)22-26-27-20(24)17(21(28)25-23(27)33-22)11-15-7-10-18(19(12-15)31-4)32-34(29,30)16-8-5-14(3)6-9-16/h5-13,24H,1-4H3/b17-11+,24-20?. The van der Waals surface area contributed by atoms with Crippen LogP contribution < -0.4 is 8.92 Å². The number of hydrogen-bond donors (Lipinski definition) is 1. The lowest BCUT2D eigenvalue weighted by Gasteiger charge is -2.20. The molecule has 0 spiro atoms. The van der Waals surface area contributed by atoms with Gasteiger partial charge in [0.05, 0.1) is 12.7 Å². The van der Waals surface area contributed by atoms with Crippen LogP contribution in [-0.4, -0.2) is 42.5 Å². The Hall–Kier alpha value is -3.44. The Morgan fingerprint density at radius 2 is 1.82 bits per heavy atom. The zero-order valence-corrected chi connectivity index (χ0v) is 20.5. The van der Waals surface area contributed by atoms with Gasteiger partial charge in [0.25, 0.3) is 5.91 Å². The number of thioether (sulfide) groups is 1. The van der Waals surface area contributed by atoms with E-state index in [4.69, 9.17) is 14.3 Å². The lowest BCUT2D eigenvalue weighted by Crippen LogP contribution is -2.35. The van der Waals surface area contributed by atoms with E-state index in [9.17, 15) is 13.2 Å². The van der Waals surface area contributed by atoms with E-state index in [-0.39, 0.29) is 33.7 Å². The van der Waals surface area contributed by atoms with Gasteiger partial charge in [0.2, 0.25) is 5.17 Å². The van der Waals surface area contributed by atoms with Gasteiger partial charge in [0, 0.05) is 5.92 Å². The molecule has 0 saturated heterocycles. The van der Waals surface area contributed by atoms with Gasteiger partial charge >= 0.3 is 10.1 Å². The molecule has 0 atom stereocenters. The number of carbonyl (C=O) groups excluding carboxylic acids is 1. The number of hydrazone groups is 1. The Labute approximate surface area is 201 Å². The van der Waals surface area contributed by atoms with Gasteiger partial charge < -0.3 is 8.92 Å². The van der Waals surface area contributed by atoms with Crippen molar-refractivity contribution in [2.24, 2.45) is 16.0 Å². The summed E-state index contributed by atoms with van der Waals surface area (Å²) in [5.74, 6) is -0.343. The SMILES string of the molecule is COc1cc(/C=C2\C(=N)N3N=C(C(C)C)SC3=NC2=O)ccc1OS(=O)(=O)c1ccc(C)cc1. The summed E-state index contributed by atoms with van der Waals surface area (Å²) in [5.41, 5.74) is 1.48. The first kappa shape index (κ1) is 23.7. The fraction of sp³-hybridized carbons (Fsp3) is 0.217. The summed E-state index contributed by atoms with van der Waals surface area (Å²) >= 11 is 1.27. The van der Waals surface area contributed by atoms with Crippen molar-refractivity contribution in [3.63, 3.8) is 0 Å². The molecule has 0 radical (unpaired) electrons. The molecule has 4 rings (SSSR count). The van der Waals surface area contributed by atoms with E-state index in [1.54, 1.807) is 18.2 Å². The van der Waals surface area contributed by atoms with Crippen LogP contribution in [0.3, 0.4) is 0 Å². The number of amidine groups is 2. The molecule has 0 saturated carbocycles. The molecule has 0 aromatic heterocycles. The predicted octanol–water partition coefficient (Wildman–Crippen LogP) is 4.05. The van der Waals surface area contributed by atoms with Crippen LogP contribution in [0, 0.1) is 18.3 Å². The molecule has 9 nitrogen and oxygen atoms in total. The first-order chi connectivity index (χ1) is 16.1. The minimum absolute atomic E-state index is 0.00213. The smallest absolute Gasteiger partial charge is 0.339 e. The number of fused-ring (bicyclic) bond motifs is 1. The highest BCUT2D eigenvalue weighted by Gasteiger charge is 2.36. The van der Waals surface area contributed by atoms with Crippen molar-refractivity contribution in [2.45, 2.75) is 25.7 Å². The number of rotatable bonds is 6. The zero-order chi connectivity index (χ0) is 24.6. The minimum Gasteiger partial charge on any atom is -0.493 e. The van der Waals surface area contributed by atoms with Crippen LogP contribution in [0.5, 0.6) is 11.5 Å². The predicted molar refractivity (Wildman–Crippen MR) is 132 cm³/mol. The van der Waals surface area contributed by atoms with Crippen molar-refractivity contribution >= 4 is 49.9 Å². The third-order valence-electron chi connectivity index (χ3n) is 4.97. The monoisotopic (exact) mass is 498 g/mol. The Balaban J connectivity index is 1.62. The molecule has 0 unspecified atom stereocenters. The Morgan fingerprint density at radius 3 is 2.47 bits per heavy atom. The average molecular weight is 499 g/mol. The number of carbonyl (C=O) groups is 1. The second-order valence-corrected chi connectivity index (χ2v) is 10.4. The van der Waals surface area contributed by atoms with Gasteiger partial charge in [0.1, 0.15) is 9.94 Å². The molecular weight excluding hydrogens is 476 g/mol. The zero-order valence-electron chi connectivity index (χ0n) is 18.9.